The molecule has 2 heterocycles. The Labute approximate surface area is 308 Å². The van der Waals surface area contributed by atoms with Crippen molar-refractivity contribution >= 4 is 55.6 Å². The molecule has 1 fully saturated rings. The van der Waals surface area contributed by atoms with Gasteiger partial charge in [0, 0.05) is 60.0 Å². The van der Waals surface area contributed by atoms with E-state index in [2.05, 4.69) is 14.7 Å². The predicted octanol–water partition coefficient (Wildman–Crippen LogP) is 5.67. The fourth-order valence-corrected chi connectivity index (χ4v) is 8.03. The Balaban J connectivity index is 1.27. The SMILES string of the molecule is COC(=O)C1C(c2ccccc2)CCN1c1nc(Cl)ncc1-c1cccc(NS(=O)(=O)c2cccc3c(N(C)COCCOCCN)cccc23)c1. The first kappa shape index (κ1) is 37.0. The van der Waals surface area contributed by atoms with Crippen molar-refractivity contribution in [1.29, 1.82) is 0 Å². The van der Waals surface area contributed by atoms with Crippen molar-refractivity contribution in [2.45, 2.75) is 23.3 Å². The van der Waals surface area contributed by atoms with Crippen LogP contribution in [0.3, 0.4) is 0 Å². The summed E-state index contributed by atoms with van der Waals surface area (Å²) in [4.78, 5) is 26.0. The summed E-state index contributed by atoms with van der Waals surface area (Å²) in [6.45, 7) is 2.56. The molecule has 0 spiro atoms. The zero-order valence-corrected chi connectivity index (χ0v) is 30.5. The fourth-order valence-electron chi connectivity index (χ4n) is 6.63. The zero-order valence-electron chi connectivity index (χ0n) is 28.9. The lowest BCUT2D eigenvalue weighted by Gasteiger charge is -2.28. The number of hydrogen-bond acceptors (Lipinski definition) is 11. The van der Waals surface area contributed by atoms with Crippen LogP contribution < -0.4 is 20.3 Å². The van der Waals surface area contributed by atoms with Crippen LogP contribution >= 0.6 is 11.6 Å². The summed E-state index contributed by atoms with van der Waals surface area (Å²) >= 11 is 6.33. The quantitative estimate of drug-likeness (QED) is 0.0591. The summed E-state index contributed by atoms with van der Waals surface area (Å²) in [5, 5.41) is 1.34. The number of hydrogen-bond donors (Lipinski definition) is 2. The van der Waals surface area contributed by atoms with Crippen LogP contribution in [0.4, 0.5) is 17.2 Å². The van der Waals surface area contributed by atoms with Gasteiger partial charge in [-0.3, -0.25) is 4.72 Å². The first-order valence-corrected chi connectivity index (χ1v) is 18.7. The number of aromatic nitrogens is 2. The van der Waals surface area contributed by atoms with Crippen LogP contribution in [0.25, 0.3) is 21.9 Å². The van der Waals surface area contributed by atoms with Crippen LogP contribution in [0.2, 0.25) is 5.28 Å². The molecule has 272 valence electrons. The van der Waals surface area contributed by atoms with Crippen molar-refractivity contribution in [2.24, 2.45) is 5.73 Å². The predicted molar refractivity (Wildman–Crippen MR) is 203 cm³/mol. The lowest BCUT2D eigenvalue weighted by atomic mass is 9.91. The van der Waals surface area contributed by atoms with Crippen LogP contribution in [-0.4, -0.2) is 84.2 Å². The standard InChI is InChI=1S/C38H41ClN6O6S/c1-44(25-51-22-21-50-20-18-40)33-15-7-14-31-30(33)13-8-16-34(31)52(47,48)43-28-12-6-11-27(23-28)32-24-41-38(39)42-36(32)45-19-17-29(35(45)37(46)49-2)26-9-4-3-5-10-26/h3-16,23-24,29,35,43H,17-22,25,40H2,1-2H3. The van der Waals surface area contributed by atoms with Gasteiger partial charge in [-0.25, -0.2) is 18.2 Å². The molecule has 52 heavy (non-hydrogen) atoms. The summed E-state index contributed by atoms with van der Waals surface area (Å²) in [6.07, 6.45) is 2.27. The summed E-state index contributed by atoms with van der Waals surface area (Å²) in [6, 6.07) is 26.9. The first-order valence-electron chi connectivity index (χ1n) is 16.9. The molecule has 0 saturated carbocycles. The van der Waals surface area contributed by atoms with Crippen molar-refractivity contribution in [3.63, 3.8) is 0 Å². The van der Waals surface area contributed by atoms with Crippen molar-refractivity contribution in [3.05, 3.63) is 108 Å². The third kappa shape index (κ3) is 8.14. The number of nitrogens with zero attached hydrogens (tertiary/aromatic N) is 4. The molecule has 1 aliphatic rings. The summed E-state index contributed by atoms with van der Waals surface area (Å²) in [5.74, 6) is -0.0759. The molecule has 2 atom stereocenters. The van der Waals surface area contributed by atoms with E-state index in [1.54, 1.807) is 42.6 Å². The molecule has 4 aromatic carbocycles. The van der Waals surface area contributed by atoms with E-state index in [9.17, 15) is 13.2 Å². The number of methoxy groups -OCH3 is 1. The van der Waals surface area contributed by atoms with Crippen molar-refractivity contribution < 1.29 is 27.4 Å². The topological polar surface area (TPSA) is 149 Å². The highest BCUT2D eigenvalue weighted by atomic mass is 35.5. The fraction of sp³-hybridized carbons (Fsp3) is 0.289. The number of ether oxygens (including phenoxy) is 3. The molecule has 0 amide bonds. The lowest BCUT2D eigenvalue weighted by Crippen LogP contribution is -2.40. The molecule has 2 unspecified atom stereocenters. The molecule has 0 aliphatic carbocycles. The Morgan fingerprint density at radius 1 is 0.981 bits per heavy atom. The minimum atomic E-state index is -4.06. The van der Waals surface area contributed by atoms with Gasteiger partial charge >= 0.3 is 5.97 Å². The summed E-state index contributed by atoms with van der Waals surface area (Å²) in [7, 11) is -0.802. The smallest absolute Gasteiger partial charge is 0.329 e. The van der Waals surface area contributed by atoms with Gasteiger partial charge in [-0.15, -0.1) is 0 Å². The Kier molecular flexibility index (Phi) is 11.9. The second-order valence-corrected chi connectivity index (χ2v) is 14.3. The first-order chi connectivity index (χ1) is 25.2. The molecule has 5 aromatic rings. The second-order valence-electron chi connectivity index (χ2n) is 12.3. The largest absolute Gasteiger partial charge is 0.467 e. The average Bonchev–Trinajstić information content (AvgIpc) is 3.61. The minimum absolute atomic E-state index is 0.0199. The molecule has 1 aliphatic heterocycles. The van der Waals surface area contributed by atoms with E-state index in [-0.39, 0.29) is 22.8 Å². The maximum absolute atomic E-state index is 14.0. The van der Waals surface area contributed by atoms with Gasteiger partial charge in [-0.1, -0.05) is 66.7 Å². The molecule has 0 radical (unpaired) electrons. The molecule has 12 nitrogen and oxygen atoms in total. The van der Waals surface area contributed by atoms with Crippen molar-refractivity contribution in [2.75, 3.05) is 68.3 Å². The van der Waals surface area contributed by atoms with Crippen LogP contribution in [0.15, 0.2) is 102 Å². The summed E-state index contributed by atoms with van der Waals surface area (Å²) < 4.78 is 47.2. The minimum Gasteiger partial charge on any atom is -0.467 e. The molecule has 1 aromatic heterocycles. The van der Waals surface area contributed by atoms with E-state index in [4.69, 9.17) is 31.5 Å². The highest BCUT2D eigenvalue weighted by molar-refractivity contribution is 7.93. The van der Waals surface area contributed by atoms with Gasteiger partial charge in [0.25, 0.3) is 10.0 Å². The Bertz CT molecular complexity index is 2120. The number of carbonyl (C=O) groups is 1. The average molecular weight is 745 g/mol. The van der Waals surface area contributed by atoms with E-state index in [1.807, 2.05) is 71.4 Å². The molecule has 6 rings (SSSR count). The third-order valence-corrected chi connectivity index (χ3v) is 10.6. The van der Waals surface area contributed by atoms with Crippen LogP contribution in [0.5, 0.6) is 0 Å². The molecular formula is C38H41ClN6O6S. The number of anilines is 3. The lowest BCUT2D eigenvalue weighted by molar-refractivity contribution is -0.142. The monoisotopic (exact) mass is 744 g/mol. The van der Waals surface area contributed by atoms with Crippen LogP contribution in [0, 0.1) is 0 Å². The Morgan fingerprint density at radius 2 is 1.73 bits per heavy atom. The third-order valence-electron chi connectivity index (χ3n) is 8.98. The molecule has 3 N–H and O–H groups in total. The van der Waals surface area contributed by atoms with Gasteiger partial charge in [0.2, 0.25) is 5.28 Å². The van der Waals surface area contributed by atoms with Crippen molar-refractivity contribution in [1.82, 2.24) is 9.97 Å². The van der Waals surface area contributed by atoms with Gasteiger partial charge in [-0.2, -0.15) is 4.98 Å². The maximum Gasteiger partial charge on any atom is 0.329 e. The Hall–Kier alpha value is -4.79. The van der Waals surface area contributed by atoms with Gasteiger partial charge in [0.05, 0.1) is 31.8 Å². The molecular weight excluding hydrogens is 704 g/mol. The van der Waals surface area contributed by atoms with E-state index in [0.717, 1.165) is 16.6 Å². The van der Waals surface area contributed by atoms with E-state index >= 15 is 0 Å². The van der Waals surface area contributed by atoms with Crippen LogP contribution in [0.1, 0.15) is 17.9 Å². The van der Waals surface area contributed by atoms with E-state index in [0.29, 0.717) is 67.3 Å². The highest BCUT2D eigenvalue weighted by Gasteiger charge is 2.42. The van der Waals surface area contributed by atoms with Gasteiger partial charge < -0.3 is 29.7 Å². The van der Waals surface area contributed by atoms with Crippen molar-refractivity contribution in [3.8, 4) is 11.1 Å². The zero-order chi connectivity index (χ0) is 36.7. The molecule has 14 heteroatoms. The summed E-state index contributed by atoms with van der Waals surface area (Å²) in [5.41, 5.74) is 8.84. The van der Waals surface area contributed by atoms with Gasteiger partial charge in [-0.05, 0) is 53.4 Å². The molecule has 1 saturated heterocycles. The number of halogens is 1. The Morgan fingerprint density at radius 3 is 2.52 bits per heavy atom. The van der Waals surface area contributed by atoms with E-state index < -0.39 is 22.0 Å². The number of fused-ring (bicyclic) bond motifs is 1. The van der Waals surface area contributed by atoms with E-state index in [1.165, 1.54) is 7.11 Å². The normalized spacial score (nSPS) is 15.9. The highest BCUT2D eigenvalue weighted by Crippen LogP contribution is 2.41. The van der Waals surface area contributed by atoms with Gasteiger partial charge in [0.1, 0.15) is 18.6 Å². The number of benzene rings is 4. The number of sulfonamides is 1. The maximum atomic E-state index is 14.0. The van der Waals surface area contributed by atoms with Gasteiger partial charge in [0.15, 0.2) is 0 Å². The number of nitrogens with one attached hydrogen (secondary N) is 1. The number of rotatable bonds is 15. The number of esters is 1. The number of carbonyl (C=O) groups excluding carboxylic acids is 1. The second kappa shape index (κ2) is 16.7. The molecule has 0 bridgehead atoms. The van der Waals surface area contributed by atoms with Crippen LogP contribution in [-0.2, 0) is 29.0 Å². The number of nitrogens with two attached hydrogens (primary N) is 1.